The van der Waals surface area contributed by atoms with Crippen LogP contribution in [0.2, 0.25) is 5.02 Å². The molecule has 36 heavy (non-hydrogen) atoms. The summed E-state index contributed by atoms with van der Waals surface area (Å²) >= 11 is 5.89. The van der Waals surface area contributed by atoms with Crippen molar-refractivity contribution in [2.75, 3.05) is 13.2 Å². The number of rotatable bonds is 11. The lowest BCUT2D eigenvalue weighted by Gasteiger charge is -2.07. The van der Waals surface area contributed by atoms with E-state index >= 15 is 0 Å². The summed E-state index contributed by atoms with van der Waals surface area (Å²) in [7, 11) is 0. The van der Waals surface area contributed by atoms with E-state index in [1.54, 1.807) is 66.7 Å². The highest BCUT2D eigenvalue weighted by Gasteiger charge is 2.10. The number of nitrogens with one attached hydrogen (secondary N) is 2. The number of halogens is 1. The van der Waals surface area contributed by atoms with Crippen LogP contribution in [-0.4, -0.2) is 37.1 Å². The smallest absolute Gasteiger partial charge is 0.343 e. The molecular weight excluding hydrogens is 482 g/mol. The minimum atomic E-state index is -0.524. The summed E-state index contributed by atoms with van der Waals surface area (Å²) < 4.78 is 10.9. The van der Waals surface area contributed by atoms with Crippen LogP contribution in [0.25, 0.3) is 0 Å². The third-order valence-corrected chi connectivity index (χ3v) is 5.08. The van der Waals surface area contributed by atoms with Gasteiger partial charge in [-0.15, -0.1) is 0 Å². The molecule has 0 radical (unpaired) electrons. The Hall–Kier alpha value is -4.17. The first kappa shape index (κ1) is 26.4. The molecule has 0 bridgehead atoms. The average molecular weight is 508 g/mol. The fourth-order valence-electron chi connectivity index (χ4n) is 2.92. The minimum Gasteiger partial charge on any atom is -0.494 e. The zero-order valence-corrected chi connectivity index (χ0v) is 20.5. The zero-order chi connectivity index (χ0) is 25.8. The first-order chi connectivity index (χ1) is 17.4. The summed E-state index contributed by atoms with van der Waals surface area (Å²) in [6.07, 6.45) is 3.44. The van der Waals surface area contributed by atoms with Crippen LogP contribution in [-0.2, 0) is 4.79 Å². The van der Waals surface area contributed by atoms with Crippen LogP contribution in [0, 0.1) is 0 Å². The number of carbonyl (C=O) groups is 3. The molecule has 0 atom stereocenters. The van der Waals surface area contributed by atoms with E-state index in [1.807, 2.05) is 0 Å². The van der Waals surface area contributed by atoms with Crippen LogP contribution in [0.15, 0.2) is 77.9 Å². The van der Waals surface area contributed by atoms with E-state index in [0.717, 1.165) is 12.8 Å². The minimum absolute atomic E-state index is 0.233. The van der Waals surface area contributed by atoms with E-state index in [4.69, 9.17) is 21.1 Å². The zero-order valence-electron chi connectivity index (χ0n) is 19.7. The maximum Gasteiger partial charge on any atom is 0.343 e. The summed E-state index contributed by atoms with van der Waals surface area (Å²) in [5.41, 5.74) is 3.78. The first-order valence-corrected chi connectivity index (χ1v) is 11.7. The number of esters is 1. The van der Waals surface area contributed by atoms with Crippen molar-refractivity contribution in [3.8, 4) is 11.5 Å². The van der Waals surface area contributed by atoms with Crippen molar-refractivity contribution in [3.05, 3.63) is 94.5 Å². The molecule has 9 heteroatoms. The number of ether oxygens (including phenoxy) is 2. The molecular formula is C27H26ClN3O5. The van der Waals surface area contributed by atoms with Crippen LogP contribution in [0.5, 0.6) is 11.5 Å². The number of hydrogen-bond acceptors (Lipinski definition) is 6. The van der Waals surface area contributed by atoms with Crippen LogP contribution < -0.4 is 20.2 Å². The molecule has 0 heterocycles. The Bertz CT molecular complexity index is 1210. The molecule has 0 aliphatic heterocycles. The van der Waals surface area contributed by atoms with Crippen molar-refractivity contribution in [1.82, 2.24) is 10.7 Å². The van der Waals surface area contributed by atoms with E-state index in [0.29, 0.717) is 39.8 Å². The van der Waals surface area contributed by atoms with Gasteiger partial charge < -0.3 is 14.8 Å². The molecule has 2 amide bonds. The SMILES string of the molecule is CCCCOc1ccc(C(=O)NCC(=O)NN=Cc2ccc(OC(=O)c3cccc(Cl)c3)cc2)cc1. The van der Waals surface area contributed by atoms with Gasteiger partial charge in [-0.3, -0.25) is 9.59 Å². The van der Waals surface area contributed by atoms with Gasteiger partial charge in [0.15, 0.2) is 0 Å². The maximum absolute atomic E-state index is 12.2. The first-order valence-electron chi connectivity index (χ1n) is 11.4. The van der Waals surface area contributed by atoms with E-state index in [-0.39, 0.29) is 12.5 Å². The molecule has 3 rings (SSSR count). The molecule has 0 spiro atoms. The number of benzene rings is 3. The lowest BCUT2D eigenvalue weighted by Crippen LogP contribution is -2.34. The third-order valence-electron chi connectivity index (χ3n) is 4.85. The number of hydrogen-bond donors (Lipinski definition) is 2. The monoisotopic (exact) mass is 507 g/mol. The summed E-state index contributed by atoms with van der Waals surface area (Å²) in [5.74, 6) is -0.336. The Balaban J connectivity index is 1.40. The number of amides is 2. The Morgan fingerprint density at radius 2 is 1.67 bits per heavy atom. The number of unbranched alkanes of at least 4 members (excludes halogenated alkanes) is 1. The molecule has 0 aliphatic rings. The van der Waals surface area contributed by atoms with Gasteiger partial charge in [0, 0.05) is 10.6 Å². The maximum atomic E-state index is 12.2. The normalized spacial score (nSPS) is 10.6. The molecule has 3 aromatic rings. The predicted octanol–water partition coefficient (Wildman–Crippen LogP) is 4.62. The van der Waals surface area contributed by atoms with Gasteiger partial charge in [-0.05, 0) is 78.7 Å². The van der Waals surface area contributed by atoms with Crippen molar-refractivity contribution >= 4 is 35.6 Å². The van der Waals surface area contributed by atoms with Gasteiger partial charge in [-0.25, -0.2) is 10.2 Å². The Kier molecular flexibility index (Phi) is 10.0. The van der Waals surface area contributed by atoms with E-state index in [9.17, 15) is 14.4 Å². The van der Waals surface area contributed by atoms with Crippen molar-refractivity contribution in [1.29, 1.82) is 0 Å². The van der Waals surface area contributed by atoms with Gasteiger partial charge in [0.1, 0.15) is 11.5 Å². The van der Waals surface area contributed by atoms with Gasteiger partial charge in [0.05, 0.1) is 24.9 Å². The Morgan fingerprint density at radius 1 is 0.944 bits per heavy atom. The molecule has 0 saturated heterocycles. The fraction of sp³-hybridized carbons (Fsp3) is 0.185. The molecule has 0 aliphatic carbocycles. The lowest BCUT2D eigenvalue weighted by molar-refractivity contribution is -0.120. The predicted molar refractivity (Wildman–Crippen MR) is 138 cm³/mol. The Labute approximate surface area is 214 Å². The second kappa shape index (κ2) is 13.7. The van der Waals surface area contributed by atoms with E-state index in [2.05, 4.69) is 22.8 Å². The summed E-state index contributed by atoms with van der Waals surface area (Å²) in [6.45, 7) is 2.48. The topological polar surface area (TPSA) is 106 Å². The largest absolute Gasteiger partial charge is 0.494 e. The second-order valence-corrected chi connectivity index (χ2v) is 8.11. The van der Waals surface area contributed by atoms with Crippen LogP contribution in [0.4, 0.5) is 0 Å². The standard InChI is InChI=1S/C27H26ClN3O5/c1-2-3-15-35-23-13-9-20(10-14-23)26(33)29-18-25(32)31-30-17-19-7-11-24(12-8-19)36-27(34)21-5-4-6-22(28)16-21/h4-14,16-17H,2-3,15,18H2,1H3,(H,29,33)(H,31,32). The molecule has 3 aromatic carbocycles. The fourth-order valence-corrected chi connectivity index (χ4v) is 3.11. The number of carbonyl (C=O) groups excluding carboxylic acids is 3. The highest BCUT2D eigenvalue weighted by Crippen LogP contribution is 2.16. The number of nitrogens with zero attached hydrogens (tertiary/aromatic N) is 1. The summed E-state index contributed by atoms with van der Waals surface area (Å²) in [5, 5.41) is 6.86. The molecule has 0 saturated carbocycles. The van der Waals surface area contributed by atoms with Crippen LogP contribution >= 0.6 is 11.6 Å². The second-order valence-electron chi connectivity index (χ2n) is 7.67. The lowest BCUT2D eigenvalue weighted by atomic mass is 10.2. The van der Waals surface area contributed by atoms with Gasteiger partial charge in [-0.1, -0.05) is 31.0 Å². The molecule has 8 nitrogen and oxygen atoms in total. The van der Waals surface area contributed by atoms with Crippen molar-refractivity contribution in [2.24, 2.45) is 5.10 Å². The highest BCUT2D eigenvalue weighted by molar-refractivity contribution is 6.30. The van der Waals surface area contributed by atoms with Gasteiger partial charge in [-0.2, -0.15) is 5.10 Å². The quantitative estimate of drug-likeness (QED) is 0.129. The molecule has 186 valence electrons. The van der Waals surface area contributed by atoms with Crippen molar-refractivity contribution in [3.63, 3.8) is 0 Å². The van der Waals surface area contributed by atoms with E-state index in [1.165, 1.54) is 12.3 Å². The van der Waals surface area contributed by atoms with Crippen LogP contribution in [0.1, 0.15) is 46.0 Å². The van der Waals surface area contributed by atoms with Crippen molar-refractivity contribution in [2.45, 2.75) is 19.8 Å². The van der Waals surface area contributed by atoms with E-state index < -0.39 is 11.9 Å². The summed E-state index contributed by atoms with van der Waals surface area (Å²) in [4.78, 5) is 36.4. The van der Waals surface area contributed by atoms with Gasteiger partial charge in [0.25, 0.3) is 11.8 Å². The Morgan fingerprint density at radius 3 is 2.36 bits per heavy atom. The van der Waals surface area contributed by atoms with Crippen molar-refractivity contribution < 1.29 is 23.9 Å². The summed E-state index contributed by atoms with van der Waals surface area (Å²) in [6, 6.07) is 19.8. The average Bonchev–Trinajstić information content (AvgIpc) is 2.89. The molecule has 2 N–H and O–H groups in total. The van der Waals surface area contributed by atoms with Gasteiger partial charge in [0.2, 0.25) is 0 Å². The van der Waals surface area contributed by atoms with Gasteiger partial charge >= 0.3 is 5.97 Å². The third kappa shape index (κ3) is 8.56. The molecule has 0 unspecified atom stereocenters. The highest BCUT2D eigenvalue weighted by atomic mass is 35.5. The number of hydrazone groups is 1. The molecule has 0 aromatic heterocycles. The van der Waals surface area contributed by atoms with Crippen LogP contribution in [0.3, 0.4) is 0 Å². The molecule has 0 fully saturated rings.